The number of nitrogens with zero attached hydrogens (tertiary/aromatic N) is 9. The Morgan fingerprint density at radius 3 is 1.83 bits per heavy atom. The summed E-state index contributed by atoms with van der Waals surface area (Å²) in [6, 6.07) is -10.6. The summed E-state index contributed by atoms with van der Waals surface area (Å²) in [6.45, 7) is 11.1. The Labute approximate surface area is 600 Å². The van der Waals surface area contributed by atoms with Crippen LogP contribution in [0, 0.1) is 35.5 Å². The molecule has 0 radical (unpaired) electrons. The average Bonchev–Trinajstić information content (AvgIpc) is 1.77. The topological polar surface area (TPSA) is 270 Å². The molecule has 568 valence electrons. The molecule has 24 nitrogen and oxygen atoms in total. The van der Waals surface area contributed by atoms with Gasteiger partial charge in [-0.15, -0.1) is 11.6 Å². The van der Waals surface area contributed by atoms with Gasteiger partial charge in [-0.25, -0.2) is 0 Å². The lowest BCUT2D eigenvalue weighted by atomic mass is 9.78. The molecule has 4 heterocycles. The Kier molecular flexibility index (Phi) is 27.9. The van der Waals surface area contributed by atoms with E-state index in [1.807, 2.05) is 20.8 Å². The Hall–Kier alpha value is -6.28. The molecule has 4 saturated heterocycles. The average molecular weight is 1450 g/mol. The summed E-state index contributed by atoms with van der Waals surface area (Å²) in [6.07, 6.45) is 5.87. The molecule has 13 atom stereocenters. The fourth-order valence-corrected chi connectivity index (χ4v) is 17.8. The van der Waals surface area contributed by atoms with E-state index in [1.54, 1.807) is 18.7 Å². The van der Waals surface area contributed by atoms with E-state index < -0.39 is 167 Å². The predicted octanol–water partition coefficient (Wildman–Crippen LogP) is 6.24. The van der Waals surface area contributed by atoms with E-state index in [2.05, 4.69) is 16.0 Å². The molecule has 12 amide bonds. The van der Waals surface area contributed by atoms with Gasteiger partial charge in [0.05, 0.1) is 18.9 Å². The van der Waals surface area contributed by atoms with Gasteiger partial charge < -0.3 is 60.0 Å². The lowest BCUT2D eigenvalue weighted by Gasteiger charge is -2.45. The van der Waals surface area contributed by atoms with E-state index in [4.69, 9.17) is 11.6 Å². The van der Waals surface area contributed by atoms with Crippen molar-refractivity contribution < 1.29 is 70.7 Å². The number of likely N-dealkylation sites (tertiary alicyclic amines) is 1. The van der Waals surface area contributed by atoms with Crippen molar-refractivity contribution in [2.75, 3.05) is 74.5 Å². The zero-order valence-electron chi connectivity index (χ0n) is 61.8. The van der Waals surface area contributed by atoms with Crippen LogP contribution in [0.25, 0.3) is 0 Å². The van der Waals surface area contributed by atoms with Crippen molar-refractivity contribution in [1.29, 1.82) is 0 Å². The summed E-state index contributed by atoms with van der Waals surface area (Å²) in [5, 5.41) is 7.71. The van der Waals surface area contributed by atoms with Crippen LogP contribution in [0.2, 0.25) is 0 Å². The van der Waals surface area contributed by atoms with Crippen LogP contribution in [0.15, 0.2) is 0 Å². The highest BCUT2D eigenvalue weighted by molar-refractivity contribution is 6.21. The lowest BCUT2D eigenvalue weighted by Crippen LogP contribution is -2.65. The van der Waals surface area contributed by atoms with Crippen LogP contribution in [0.4, 0.5) is 13.2 Å². The number of hydrogen-bond donors (Lipinski definition) is 3. The number of carbonyl (C=O) groups is 12. The summed E-state index contributed by atoms with van der Waals surface area (Å²) in [7, 11) is 7.36. The van der Waals surface area contributed by atoms with Gasteiger partial charge in [0.25, 0.3) is 0 Å². The first-order valence-corrected chi connectivity index (χ1v) is 38.3. The minimum Gasteiger partial charge on any atom is -0.343 e. The third kappa shape index (κ3) is 18.6. The standard InChI is InChI=1S/C73H116ClF3N12O12/c1-12-45(5)60-69(99)82(8)46(6)64(94)89-38-32-54(89)67(97)83(9)56(41-47-23-15-14-16-24-47)66(96)81(7)43-58(90)78-52(31-29-48-28-30-50(51(74)40-48)73(75,76)77)65(95)88-37-21-27-53(88)63(93)80-72(33-19-20-34-72)71(101)85(11)61(49-25-17-18-26-49)70(100)84(10)57(68(98)86-35-22-36-86)42-59(91)87(13-2)55(39-44(3)4)62(92)79-60/h44-57,60-61H,12-43H2,1-11H3,(H,78,90)(H,79,92)(H,80,93)/t45-,46-,48?,50?,51?,52-,53-,54-,55-,56-,57-,60-,61-/m0/s1. The number of carbonyl (C=O) groups excluding carboxylic acids is 12. The van der Waals surface area contributed by atoms with Gasteiger partial charge in [0.2, 0.25) is 70.9 Å². The zero-order chi connectivity index (χ0) is 74.1. The van der Waals surface area contributed by atoms with Crippen molar-refractivity contribution in [3.05, 3.63) is 0 Å². The first-order valence-electron chi connectivity index (χ1n) is 37.9. The highest BCUT2D eigenvalue weighted by Crippen LogP contribution is 2.44. The van der Waals surface area contributed by atoms with E-state index in [1.165, 1.54) is 81.4 Å². The highest BCUT2D eigenvalue weighted by atomic mass is 35.5. The van der Waals surface area contributed by atoms with E-state index in [-0.39, 0.29) is 114 Å². The van der Waals surface area contributed by atoms with Crippen molar-refractivity contribution in [2.24, 2.45) is 35.5 Å². The van der Waals surface area contributed by atoms with Crippen LogP contribution in [-0.2, 0) is 57.5 Å². The fourth-order valence-electron chi connectivity index (χ4n) is 17.3. The monoisotopic (exact) mass is 1440 g/mol. The molecule has 4 aliphatic heterocycles. The van der Waals surface area contributed by atoms with Gasteiger partial charge in [0, 0.05) is 73.3 Å². The Balaban J connectivity index is 1.17. The van der Waals surface area contributed by atoms with Gasteiger partial charge >= 0.3 is 6.18 Å². The molecule has 1 spiro atoms. The van der Waals surface area contributed by atoms with Gasteiger partial charge in [-0.3, -0.25) is 57.5 Å². The molecule has 101 heavy (non-hydrogen) atoms. The Morgan fingerprint density at radius 1 is 0.614 bits per heavy atom. The van der Waals surface area contributed by atoms with Crippen molar-refractivity contribution >= 4 is 82.5 Å². The summed E-state index contributed by atoms with van der Waals surface area (Å²) in [4.78, 5) is 193. The second-order valence-corrected chi connectivity index (χ2v) is 31.9. The summed E-state index contributed by atoms with van der Waals surface area (Å²) in [5.74, 6) is -10.2. The van der Waals surface area contributed by atoms with Crippen LogP contribution in [0.1, 0.15) is 208 Å². The Morgan fingerprint density at radius 2 is 1.26 bits per heavy atom. The van der Waals surface area contributed by atoms with Gasteiger partial charge in [0.15, 0.2) is 0 Å². The number of likely N-dealkylation sites (N-methyl/N-ethyl adjacent to an activating group) is 6. The van der Waals surface area contributed by atoms with Crippen LogP contribution in [0.5, 0.6) is 0 Å². The molecule has 0 aromatic rings. The van der Waals surface area contributed by atoms with Gasteiger partial charge in [-0.05, 0) is 140 Å². The normalized spacial score (nSPS) is 31.5. The molecule has 0 aromatic carbocycles. The number of nitrogens with one attached hydrogen (secondary N) is 3. The van der Waals surface area contributed by atoms with Crippen molar-refractivity contribution in [2.45, 2.75) is 280 Å². The second-order valence-electron chi connectivity index (χ2n) is 31.3. The van der Waals surface area contributed by atoms with Crippen molar-refractivity contribution in [1.82, 2.24) is 60.0 Å². The molecule has 4 aliphatic carbocycles. The summed E-state index contributed by atoms with van der Waals surface area (Å²) >= 11 is 6.42. The quantitative estimate of drug-likeness (QED) is 0.184. The number of alkyl halides is 4. The third-order valence-electron chi connectivity index (χ3n) is 24.2. The second kappa shape index (κ2) is 35.0. The van der Waals surface area contributed by atoms with Crippen LogP contribution < -0.4 is 16.0 Å². The summed E-state index contributed by atoms with van der Waals surface area (Å²) < 4.78 is 42.1. The molecule has 3 unspecified atom stereocenters. The Bertz CT molecular complexity index is 3000. The summed E-state index contributed by atoms with van der Waals surface area (Å²) in [5.41, 5.74) is -1.54. The zero-order valence-corrected chi connectivity index (χ0v) is 62.6. The van der Waals surface area contributed by atoms with Gasteiger partial charge in [0.1, 0.15) is 59.9 Å². The van der Waals surface area contributed by atoms with E-state index in [0.717, 1.165) is 44.9 Å². The highest BCUT2D eigenvalue weighted by Gasteiger charge is 2.53. The molecule has 8 fully saturated rings. The SMILES string of the molecule is CC[C@H](C)[C@@H]1NC(=O)[C@H](CC(C)C)N(CC)C(=O)C[C@@H](C(=O)N2CCC2)N(C)C(=O)[C@H](C2CCCC2)N(C)C(=O)C2(CCCC2)NC(=O)[C@@H]2CCCN2C(=O)[C@H](CCC2CCC(C(F)(F)F)C(Cl)C2)NC(=O)CN(C)C(=O)[C@H](CC2CCCCC2)N(C)C(=O)[C@@H]2CCN2C(=O)[C@H](C)N(C)C1=O. The maximum atomic E-state index is 15.7. The first kappa shape index (κ1) is 80.4. The molecule has 8 rings (SSSR count). The van der Waals surface area contributed by atoms with Crippen molar-refractivity contribution in [3.8, 4) is 0 Å². The third-order valence-corrected chi connectivity index (χ3v) is 24.6. The molecule has 8 aliphatic rings. The van der Waals surface area contributed by atoms with Gasteiger partial charge in [-0.2, -0.15) is 13.2 Å². The van der Waals surface area contributed by atoms with E-state index >= 15 is 33.6 Å². The molecule has 0 bridgehead atoms. The molecule has 0 aromatic heterocycles. The molecular formula is C73H116ClF3N12O12. The van der Waals surface area contributed by atoms with Crippen LogP contribution >= 0.6 is 11.6 Å². The van der Waals surface area contributed by atoms with Crippen LogP contribution in [-0.4, -0.2) is 261 Å². The van der Waals surface area contributed by atoms with Crippen LogP contribution in [0.3, 0.4) is 0 Å². The van der Waals surface area contributed by atoms with Gasteiger partial charge in [-0.1, -0.05) is 91.9 Å². The maximum absolute atomic E-state index is 15.7. The molecule has 3 N–H and O–H groups in total. The number of fused-ring (bicyclic) bond motifs is 2. The molecule has 4 saturated carbocycles. The largest absolute Gasteiger partial charge is 0.393 e. The number of hydrogen-bond acceptors (Lipinski definition) is 12. The van der Waals surface area contributed by atoms with E-state index in [0.29, 0.717) is 58.0 Å². The van der Waals surface area contributed by atoms with Crippen molar-refractivity contribution in [3.63, 3.8) is 0 Å². The fraction of sp³-hybridized carbons (Fsp3) is 0.836. The minimum atomic E-state index is -4.51. The molecule has 28 heteroatoms. The number of amides is 12. The smallest absolute Gasteiger partial charge is 0.343 e. The lowest BCUT2D eigenvalue weighted by molar-refractivity contribution is -0.182. The number of rotatable bonds is 12. The number of halogens is 4. The van der Waals surface area contributed by atoms with E-state index in [9.17, 15) is 37.1 Å². The first-order chi connectivity index (χ1) is 47.7. The maximum Gasteiger partial charge on any atom is 0.393 e. The molecular weight excluding hydrogens is 1330 g/mol. The predicted molar refractivity (Wildman–Crippen MR) is 372 cm³/mol. The minimum absolute atomic E-state index is 0.00314.